The molecule has 0 spiro atoms. The first kappa shape index (κ1) is 17.9. The van der Waals surface area contributed by atoms with E-state index < -0.39 is 0 Å². The molecule has 0 radical (unpaired) electrons. The van der Waals surface area contributed by atoms with Crippen molar-refractivity contribution in [3.05, 3.63) is 76.3 Å². The third-order valence-corrected chi connectivity index (χ3v) is 5.56. The number of ether oxygens (including phenoxy) is 1. The van der Waals surface area contributed by atoms with Crippen molar-refractivity contribution < 1.29 is 9.15 Å². The van der Waals surface area contributed by atoms with E-state index in [1.54, 1.807) is 4.52 Å². The first-order valence-corrected chi connectivity index (χ1v) is 10.1. The summed E-state index contributed by atoms with van der Waals surface area (Å²) in [7, 11) is 0. The van der Waals surface area contributed by atoms with Crippen molar-refractivity contribution >= 4 is 27.9 Å². The number of nitrogens with zero attached hydrogens (tertiary/aromatic N) is 4. The average Bonchev–Trinajstić information content (AvgIpc) is 3.43. The Bertz CT molecular complexity index is 1290. The predicted octanol–water partition coefficient (Wildman–Crippen LogP) is 5.65. The Hall–Kier alpha value is -3.16. The molecule has 0 aliphatic rings. The Labute approximate surface area is 175 Å². The maximum atomic E-state index is 5.98. The molecular weight excluding hydrogens is 408 g/mol. The molecule has 0 atom stereocenters. The van der Waals surface area contributed by atoms with Crippen molar-refractivity contribution in [2.45, 2.75) is 13.5 Å². The third-order valence-electron chi connectivity index (χ3n) is 4.43. The molecule has 0 amide bonds. The van der Waals surface area contributed by atoms with Gasteiger partial charge in [-0.1, -0.05) is 41.1 Å². The number of hydrogen-bond donors (Lipinski definition) is 0. The van der Waals surface area contributed by atoms with Crippen LogP contribution in [0, 0.1) is 6.92 Å². The van der Waals surface area contributed by atoms with Crippen molar-refractivity contribution in [3.8, 4) is 28.7 Å². The highest BCUT2D eigenvalue weighted by molar-refractivity contribution is 7.16. The Morgan fingerprint density at radius 2 is 1.79 bits per heavy atom. The van der Waals surface area contributed by atoms with E-state index in [4.69, 9.17) is 20.8 Å². The minimum absolute atomic E-state index is 0.368. The van der Waals surface area contributed by atoms with E-state index in [1.807, 2.05) is 67.6 Å². The fraction of sp³-hybridized carbons (Fsp3) is 0.0952. The number of fused-ring (bicyclic) bond motifs is 1. The molecule has 6 nitrogen and oxygen atoms in total. The maximum absolute atomic E-state index is 5.98. The monoisotopic (exact) mass is 422 g/mol. The number of hydrogen-bond acceptors (Lipinski definition) is 6. The summed E-state index contributed by atoms with van der Waals surface area (Å²) in [6, 6.07) is 19.1. The highest BCUT2D eigenvalue weighted by Crippen LogP contribution is 2.29. The SMILES string of the molecule is Cc1ccccc1OCc1nn2c(-c3ccc(-c4ccc(Cl)cc4)o3)nnc2s1. The summed E-state index contributed by atoms with van der Waals surface area (Å²) < 4.78 is 13.6. The van der Waals surface area contributed by atoms with Gasteiger partial charge in [0.2, 0.25) is 10.8 Å². The Balaban J connectivity index is 1.40. The number of para-hydroxylation sites is 1. The van der Waals surface area contributed by atoms with E-state index >= 15 is 0 Å². The number of halogens is 1. The molecule has 3 aromatic heterocycles. The van der Waals surface area contributed by atoms with E-state index in [9.17, 15) is 0 Å². The lowest BCUT2D eigenvalue weighted by Crippen LogP contribution is -1.98. The molecule has 0 bridgehead atoms. The van der Waals surface area contributed by atoms with E-state index in [1.165, 1.54) is 11.3 Å². The van der Waals surface area contributed by atoms with Gasteiger partial charge in [0.15, 0.2) is 10.8 Å². The molecule has 29 heavy (non-hydrogen) atoms. The lowest BCUT2D eigenvalue weighted by atomic mass is 10.2. The summed E-state index contributed by atoms with van der Waals surface area (Å²) in [5, 5.41) is 14.5. The largest absolute Gasteiger partial charge is 0.486 e. The van der Waals surface area contributed by atoms with Crippen LogP contribution in [0.5, 0.6) is 5.75 Å². The van der Waals surface area contributed by atoms with Crippen LogP contribution in [0.2, 0.25) is 5.02 Å². The zero-order chi connectivity index (χ0) is 19.8. The zero-order valence-corrected chi connectivity index (χ0v) is 16.9. The molecule has 2 aromatic carbocycles. The first-order chi connectivity index (χ1) is 14.2. The summed E-state index contributed by atoms with van der Waals surface area (Å²) in [5.41, 5.74) is 2.02. The second-order valence-corrected chi connectivity index (χ2v) is 7.92. The maximum Gasteiger partial charge on any atom is 0.235 e. The standard InChI is InChI=1S/C21H15ClN4O2S/c1-13-4-2-3-5-16(13)27-12-19-25-26-20(23-24-21(26)29-19)18-11-10-17(28-18)14-6-8-15(22)9-7-14/h2-11H,12H2,1H3. The van der Waals surface area contributed by atoms with Gasteiger partial charge in [-0.05, 0) is 55.0 Å². The highest BCUT2D eigenvalue weighted by atomic mass is 35.5. The third kappa shape index (κ3) is 3.50. The van der Waals surface area contributed by atoms with Crippen molar-refractivity contribution in [2.24, 2.45) is 0 Å². The second kappa shape index (κ2) is 7.35. The molecular formula is C21H15ClN4O2S. The van der Waals surface area contributed by atoms with Gasteiger partial charge in [0.25, 0.3) is 0 Å². The molecule has 3 heterocycles. The normalized spacial score (nSPS) is 11.2. The van der Waals surface area contributed by atoms with Gasteiger partial charge in [0.05, 0.1) is 0 Å². The average molecular weight is 423 g/mol. The lowest BCUT2D eigenvalue weighted by Gasteiger charge is -2.06. The number of aryl methyl sites for hydroxylation is 1. The fourth-order valence-electron chi connectivity index (χ4n) is 2.95. The van der Waals surface area contributed by atoms with E-state index in [-0.39, 0.29) is 0 Å². The fourth-order valence-corrected chi connectivity index (χ4v) is 3.83. The molecule has 0 fully saturated rings. The number of benzene rings is 2. The number of rotatable bonds is 5. The molecule has 144 valence electrons. The molecule has 0 N–H and O–H groups in total. The van der Waals surface area contributed by atoms with Crippen LogP contribution < -0.4 is 4.74 Å². The Morgan fingerprint density at radius 3 is 2.62 bits per heavy atom. The molecule has 8 heteroatoms. The van der Waals surface area contributed by atoms with Crippen LogP contribution in [0.3, 0.4) is 0 Å². The Kier molecular flexibility index (Phi) is 4.54. The van der Waals surface area contributed by atoms with Crippen molar-refractivity contribution in [1.29, 1.82) is 0 Å². The van der Waals surface area contributed by atoms with E-state index in [0.717, 1.165) is 27.6 Å². The topological polar surface area (TPSA) is 65.5 Å². The van der Waals surface area contributed by atoms with E-state index in [0.29, 0.717) is 28.2 Å². The molecule has 0 saturated heterocycles. The molecule has 0 aliphatic heterocycles. The quantitative estimate of drug-likeness (QED) is 0.366. The molecule has 0 saturated carbocycles. The van der Waals surface area contributed by atoms with Crippen LogP contribution >= 0.6 is 22.9 Å². The summed E-state index contributed by atoms with van der Waals surface area (Å²) in [5.74, 6) is 2.72. The molecule has 0 unspecified atom stereocenters. The van der Waals surface area contributed by atoms with Crippen LogP contribution in [0.25, 0.3) is 27.9 Å². The van der Waals surface area contributed by atoms with Gasteiger partial charge in [0, 0.05) is 10.6 Å². The van der Waals surface area contributed by atoms with Gasteiger partial charge in [-0.15, -0.1) is 10.2 Å². The van der Waals surface area contributed by atoms with Gasteiger partial charge in [-0.2, -0.15) is 9.61 Å². The van der Waals surface area contributed by atoms with Crippen LogP contribution in [-0.2, 0) is 6.61 Å². The van der Waals surface area contributed by atoms with Gasteiger partial charge in [0.1, 0.15) is 18.1 Å². The van der Waals surface area contributed by atoms with Gasteiger partial charge in [-0.25, -0.2) is 0 Å². The van der Waals surface area contributed by atoms with Gasteiger partial charge < -0.3 is 9.15 Å². The summed E-state index contributed by atoms with van der Waals surface area (Å²) >= 11 is 7.40. The predicted molar refractivity (Wildman–Crippen MR) is 112 cm³/mol. The lowest BCUT2D eigenvalue weighted by molar-refractivity contribution is 0.302. The molecule has 5 rings (SSSR count). The van der Waals surface area contributed by atoms with Crippen molar-refractivity contribution in [2.75, 3.05) is 0 Å². The van der Waals surface area contributed by atoms with Crippen LogP contribution in [0.1, 0.15) is 10.6 Å². The highest BCUT2D eigenvalue weighted by Gasteiger charge is 2.17. The Morgan fingerprint density at radius 1 is 1.00 bits per heavy atom. The summed E-state index contributed by atoms with van der Waals surface area (Å²) in [6.45, 7) is 2.38. The summed E-state index contributed by atoms with van der Waals surface area (Å²) in [4.78, 5) is 0.688. The minimum atomic E-state index is 0.368. The number of aromatic nitrogens is 4. The number of furan rings is 1. The van der Waals surface area contributed by atoms with Gasteiger partial charge in [-0.3, -0.25) is 0 Å². The van der Waals surface area contributed by atoms with Crippen LogP contribution in [0.4, 0.5) is 0 Å². The van der Waals surface area contributed by atoms with Crippen molar-refractivity contribution in [1.82, 2.24) is 19.8 Å². The minimum Gasteiger partial charge on any atom is -0.486 e. The molecule has 5 aromatic rings. The first-order valence-electron chi connectivity index (χ1n) is 8.93. The van der Waals surface area contributed by atoms with Crippen LogP contribution in [-0.4, -0.2) is 19.8 Å². The van der Waals surface area contributed by atoms with E-state index in [2.05, 4.69) is 15.3 Å². The zero-order valence-electron chi connectivity index (χ0n) is 15.4. The molecule has 0 aliphatic carbocycles. The van der Waals surface area contributed by atoms with Crippen LogP contribution in [0.15, 0.2) is 65.1 Å². The second-order valence-electron chi connectivity index (χ2n) is 6.44. The van der Waals surface area contributed by atoms with Gasteiger partial charge >= 0.3 is 0 Å². The van der Waals surface area contributed by atoms with Crippen molar-refractivity contribution in [3.63, 3.8) is 0 Å². The smallest absolute Gasteiger partial charge is 0.235 e. The summed E-state index contributed by atoms with van der Waals surface area (Å²) in [6.07, 6.45) is 0.